The van der Waals surface area contributed by atoms with Crippen LogP contribution in [0.5, 0.6) is 0 Å². The Kier molecular flexibility index (Phi) is 3.93. The number of nitrogens with two attached hydrogens (primary N) is 1. The van der Waals surface area contributed by atoms with Crippen LogP contribution in [0.4, 0.5) is 11.6 Å². The van der Waals surface area contributed by atoms with Crippen molar-refractivity contribution in [2.24, 2.45) is 5.73 Å². The number of aromatic nitrogens is 2. The highest BCUT2D eigenvalue weighted by Crippen LogP contribution is 2.15. The van der Waals surface area contributed by atoms with E-state index in [1.807, 2.05) is 6.07 Å². The number of nitrogens with zero attached hydrogens (tertiary/aromatic N) is 3. The van der Waals surface area contributed by atoms with E-state index in [1.165, 1.54) is 6.33 Å². The van der Waals surface area contributed by atoms with Crippen LogP contribution < -0.4 is 16.0 Å². The summed E-state index contributed by atoms with van der Waals surface area (Å²) in [4.78, 5) is 21.4. The van der Waals surface area contributed by atoms with Crippen molar-refractivity contribution in [2.75, 3.05) is 36.5 Å². The van der Waals surface area contributed by atoms with Crippen LogP contribution in [0, 0.1) is 0 Å². The lowest BCUT2D eigenvalue weighted by Crippen LogP contribution is -2.37. The molecule has 0 aliphatic carbocycles. The number of nitrogens with one attached hydrogen (secondary N) is 1. The van der Waals surface area contributed by atoms with Crippen molar-refractivity contribution in [1.29, 1.82) is 0 Å². The van der Waals surface area contributed by atoms with Gasteiger partial charge in [0.2, 0.25) is 5.91 Å². The van der Waals surface area contributed by atoms with Gasteiger partial charge in [0.15, 0.2) is 0 Å². The monoisotopic (exact) mass is 251 g/mol. The van der Waals surface area contributed by atoms with Crippen LogP contribution in [0.2, 0.25) is 0 Å². The number of hydrogen-bond donors (Lipinski definition) is 2. The lowest BCUT2D eigenvalue weighted by molar-refractivity contribution is -0.118. The lowest BCUT2D eigenvalue weighted by atomic mass is 10.3. The summed E-state index contributed by atoms with van der Waals surface area (Å²) in [5, 5.41) is 2.94. The normalized spacial score (nSPS) is 17.3. The van der Waals surface area contributed by atoms with E-state index in [0.29, 0.717) is 19.0 Å². The molecule has 18 heavy (non-hydrogen) atoms. The van der Waals surface area contributed by atoms with E-state index < -0.39 is 11.9 Å². The van der Waals surface area contributed by atoms with Gasteiger partial charge in [-0.25, -0.2) is 9.97 Å². The van der Waals surface area contributed by atoms with E-state index in [-0.39, 0.29) is 0 Å². The van der Waals surface area contributed by atoms with Gasteiger partial charge in [0.25, 0.3) is 0 Å². The van der Waals surface area contributed by atoms with Gasteiger partial charge in [0, 0.05) is 19.2 Å². The average Bonchev–Trinajstić information content (AvgIpc) is 2.40. The molecular weight excluding hydrogens is 234 g/mol. The largest absolute Gasteiger partial charge is 0.378 e. The first kappa shape index (κ1) is 12.6. The summed E-state index contributed by atoms with van der Waals surface area (Å²) in [7, 11) is 0. The number of carbonyl (C=O) groups excluding carboxylic acids is 1. The third kappa shape index (κ3) is 3.07. The molecule has 2 rings (SSSR count). The van der Waals surface area contributed by atoms with Crippen LogP contribution >= 0.6 is 0 Å². The topological polar surface area (TPSA) is 93.4 Å². The third-order valence-corrected chi connectivity index (χ3v) is 2.78. The Morgan fingerprint density at radius 3 is 2.89 bits per heavy atom. The van der Waals surface area contributed by atoms with Crippen LogP contribution in [-0.2, 0) is 9.53 Å². The summed E-state index contributed by atoms with van der Waals surface area (Å²) in [6.45, 7) is 4.71. The van der Waals surface area contributed by atoms with Gasteiger partial charge in [-0.2, -0.15) is 0 Å². The standard InChI is InChI=1S/C11H17N5O2/c1-8(11(12)17)15-9-6-10(14-7-13-9)16-2-4-18-5-3-16/h6-8H,2-5H2,1H3,(H2,12,17)(H,13,14,15). The fraction of sp³-hybridized carbons (Fsp3) is 0.545. The predicted molar refractivity (Wildman–Crippen MR) is 67.3 cm³/mol. The summed E-state index contributed by atoms with van der Waals surface area (Å²) < 4.78 is 5.29. The molecule has 0 saturated carbocycles. The van der Waals surface area contributed by atoms with Crippen LogP contribution in [0.15, 0.2) is 12.4 Å². The highest BCUT2D eigenvalue weighted by molar-refractivity contribution is 5.82. The molecule has 1 aromatic heterocycles. The molecule has 1 unspecified atom stereocenters. The van der Waals surface area contributed by atoms with Crippen molar-refractivity contribution in [3.63, 3.8) is 0 Å². The zero-order chi connectivity index (χ0) is 13.0. The quantitative estimate of drug-likeness (QED) is 0.756. The number of primary amides is 1. The minimum atomic E-state index is -0.461. The second-order valence-electron chi connectivity index (χ2n) is 4.13. The number of amides is 1. The molecule has 7 heteroatoms. The Balaban J connectivity index is 2.06. The Morgan fingerprint density at radius 2 is 2.22 bits per heavy atom. The van der Waals surface area contributed by atoms with Gasteiger partial charge < -0.3 is 20.7 Å². The molecule has 1 fully saturated rings. The second kappa shape index (κ2) is 5.63. The molecule has 0 bridgehead atoms. The van der Waals surface area contributed by atoms with Gasteiger partial charge in [0.1, 0.15) is 24.0 Å². The molecule has 3 N–H and O–H groups in total. The van der Waals surface area contributed by atoms with Gasteiger partial charge in [-0.1, -0.05) is 0 Å². The van der Waals surface area contributed by atoms with E-state index in [2.05, 4.69) is 20.2 Å². The SMILES string of the molecule is CC(Nc1cc(N2CCOCC2)ncn1)C(N)=O. The molecule has 2 heterocycles. The Morgan fingerprint density at radius 1 is 1.50 bits per heavy atom. The summed E-state index contributed by atoms with van der Waals surface area (Å²) in [6.07, 6.45) is 1.47. The molecule has 7 nitrogen and oxygen atoms in total. The molecule has 0 aromatic carbocycles. The van der Waals surface area contributed by atoms with Crippen molar-refractivity contribution < 1.29 is 9.53 Å². The van der Waals surface area contributed by atoms with Crippen molar-refractivity contribution in [3.05, 3.63) is 12.4 Å². The van der Waals surface area contributed by atoms with Crippen molar-refractivity contribution in [1.82, 2.24) is 9.97 Å². The Hall–Kier alpha value is -1.89. The molecule has 98 valence electrons. The fourth-order valence-corrected chi connectivity index (χ4v) is 1.68. The number of hydrogen-bond acceptors (Lipinski definition) is 6. The number of morpholine rings is 1. The highest BCUT2D eigenvalue weighted by atomic mass is 16.5. The summed E-state index contributed by atoms with van der Waals surface area (Å²) in [5.41, 5.74) is 5.19. The number of anilines is 2. The smallest absolute Gasteiger partial charge is 0.239 e. The third-order valence-electron chi connectivity index (χ3n) is 2.78. The van der Waals surface area contributed by atoms with E-state index in [0.717, 1.165) is 18.9 Å². The van der Waals surface area contributed by atoms with Crippen molar-refractivity contribution >= 4 is 17.5 Å². The minimum absolute atomic E-state index is 0.415. The lowest BCUT2D eigenvalue weighted by Gasteiger charge is -2.27. The second-order valence-corrected chi connectivity index (χ2v) is 4.13. The molecule has 1 atom stereocenters. The van der Waals surface area contributed by atoms with Gasteiger partial charge in [-0.15, -0.1) is 0 Å². The van der Waals surface area contributed by atoms with Gasteiger partial charge in [0.05, 0.1) is 13.2 Å². The molecule has 1 aromatic rings. The van der Waals surface area contributed by atoms with Crippen molar-refractivity contribution in [3.8, 4) is 0 Å². The molecule has 0 radical (unpaired) electrons. The van der Waals surface area contributed by atoms with Gasteiger partial charge in [-0.3, -0.25) is 4.79 Å². The zero-order valence-corrected chi connectivity index (χ0v) is 10.3. The first-order valence-electron chi connectivity index (χ1n) is 5.87. The molecule has 1 aliphatic heterocycles. The van der Waals surface area contributed by atoms with Gasteiger partial charge in [-0.05, 0) is 6.92 Å². The van der Waals surface area contributed by atoms with Crippen LogP contribution in [0.3, 0.4) is 0 Å². The van der Waals surface area contributed by atoms with Gasteiger partial charge >= 0.3 is 0 Å². The summed E-state index contributed by atoms with van der Waals surface area (Å²) in [5.74, 6) is 1.01. The average molecular weight is 251 g/mol. The maximum Gasteiger partial charge on any atom is 0.239 e. The number of rotatable bonds is 4. The molecule has 1 saturated heterocycles. The van der Waals surface area contributed by atoms with Crippen molar-refractivity contribution in [2.45, 2.75) is 13.0 Å². The zero-order valence-electron chi connectivity index (χ0n) is 10.3. The van der Waals surface area contributed by atoms with E-state index in [4.69, 9.17) is 10.5 Å². The van der Waals surface area contributed by atoms with E-state index in [1.54, 1.807) is 6.92 Å². The number of ether oxygens (including phenoxy) is 1. The van der Waals surface area contributed by atoms with Crippen LogP contribution in [-0.4, -0.2) is 48.2 Å². The van der Waals surface area contributed by atoms with E-state index >= 15 is 0 Å². The number of carbonyl (C=O) groups is 1. The maximum absolute atomic E-state index is 11.0. The summed E-state index contributed by atoms with van der Waals surface area (Å²) >= 11 is 0. The predicted octanol–water partition coefficient (Wildman–Crippen LogP) is -0.401. The first-order valence-corrected chi connectivity index (χ1v) is 5.87. The highest BCUT2D eigenvalue weighted by Gasteiger charge is 2.14. The molecule has 1 aliphatic rings. The molecule has 1 amide bonds. The Labute approximate surface area is 105 Å². The van der Waals surface area contributed by atoms with Crippen LogP contribution in [0.25, 0.3) is 0 Å². The maximum atomic E-state index is 11.0. The first-order chi connectivity index (χ1) is 8.66. The summed E-state index contributed by atoms with van der Waals surface area (Å²) in [6, 6.07) is 1.35. The molecule has 0 spiro atoms. The van der Waals surface area contributed by atoms with E-state index in [9.17, 15) is 4.79 Å². The molecular formula is C11H17N5O2. The fourth-order valence-electron chi connectivity index (χ4n) is 1.68. The van der Waals surface area contributed by atoms with Crippen LogP contribution in [0.1, 0.15) is 6.92 Å². The Bertz CT molecular complexity index is 420. The minimum Gasteiger partial charge on any atom is -0.378 e.